The number of benzene rings is 1. The van der Waals surface area contributed by atoms with Crippen molar-refractivity contribution in [1.82, 2.24) is 0 Å². The van der Waals surface area contributed by atoms with Crippen molar-refractivity contribution in [3.8, 4) is 0 Å². The summed E-state index contributed by atoms with van der Waals surface area (Å²) in [5.41, 5.74) is 0.639. The largest absolute Gasteiger partial charge is 0.294 e. The van der Waals surface area contributed by atoms with E-state index in [0.29, 0.717) is 15.6 Å². The Balaban J connectivity index is 2.33. The molecule has 0 N–H and O–H groups in total. The highest BCUT2D eigenvalue weighted by Crippen LogP contribution is 2.33. The normalized spacial score (nSPS) is 15.8. The predicted octanol–water partition coefficient (Wildman–Crippen LogP) is 3.59. The zero-order chi connectivity index (χ0) is 9.42. The second kappa shape index (κ2) is 3.32. The van der Waals surface area contributed by atoms with Crippen molar-refractivity contribution >= 4 is 29.0 Å². The molecule has 0 spiro atoms. The number of hydrogen-bond acceptors (Lipinski definition) is 1. The summed E-state index contributed by atoms with van der Waals surface area (Å²) < 4.78 is 0. The SMILES string of the molecule is O=C(c1cc(Cl)cc(Cl)c1)C1CC1. The Bertz CT molecular complexity index is 336. The summed E-state index contributed by atoms with van der Waals surface area (Å²) in [6, 6.07) is 4.98. The Kier molecular flexibility index (Phi) is 2.31. The van der Waals surface area contributed by atoms with Gasteiger partial charge in [0.15, 0.2) is 5.78 Å². The Hall–Kier alpha value is -0.530. The maximum absolute atomic E-state index is 11.6. The van der Waals surface area contributed by atoms with E-state index in [9.17, 15) is 4.79 Å². The molecule has 1 fully saturated rings. The second-order valence-corrected chi connectivity index (χ2v) is 4.17. The van der Waals surface area contributed by atoms with Crippen molar-refractivity contribution in [3.05, 3.63) is 33.8 Å². The fourth-order valence-electron chi connectivity index (χ4n) is 1.28. The van der Waals surface area contributed by atoms with Crippen LogP contribution in [0.3, 0.4) is 0 Å². The minimum absolute atomic E-state index is 0.171. The van der Waals surface area contributed by atoms with Gasteiger partial charge in [0, 0.05) is 21.5 Å². The van der Waals surface area contributed by atoms with E-state index in [1.807, 2.05) is 0 Å². The van der Waals surface area contributed by atoms with E-state index in [0.717, 1.165) is 12.8 Å². The average Bonchev–Trinajstić information content (AvgIpc) is 2.83. The fourth-order valence-corrected chi connectivity index (χ4v) is 1.80. The maximum atomic E-state index is 11.6. The van der Waals surface area contributed by atoms with Gasteiger partial charge in [0.05, 0.1) is 0 Å². The Morgan fingerprint density at radius 2 is 1.69 bits per heavy atom. The van der Waals surface area contributed by atoms with E-state index >= 15 is 0 Å². The predicted molar refractivity (Wildman–Crippen MR) is 53.5 cm³/mol. The van der Waals surface area contributed by atoms with E-state index in [1.165, 1.54) is 0 Å². The molecule has 0 aromatic heterocycles. The molecule has 68 valence electrons. The number of Topliss-reactive ketones (excluding diaryl/α,β-unsaturated/α-hetero) is 1. The summed E-state index contributed by atoms with van der Waals surface area (Å²) in [5, 5.41) is 1.05. The first-order valence-corrected chi connectivity index (χ1v) is 4.93. The summed E-state index contributed by atoms with van der Waals surface area (Å²) in [6.45, 7) is 0. The number of ketones is 1. The van der Waals surface area contributed by atoms with Crippen molar-refractivity contribution in [2.45, 2.75) is 12.8 Å². The zero-order valence-corrected chi connectivity index (χ0v) is 8.40. The Morgan fingerprint density at radius 3 is 2.15 bits per heavy atom. The maximum Gasteiger partial charge on any atom is 0.166 e. The van der Waals surface area contributed by atoms with Gasteiger partial charge in [0.25, 0.3) is 0 Å². The molecule has 2 rings (SSSR count). The van der Waals surface area contributed by atoms with Crippen molar-refractivity contribution in [3.63, 3.8) is 0 Å². The van der Waals surface area contributed by atoms with Gasteiger partial charge >= 0.3 is 0 Å². The van der Waals surface area contributed by atoms with Gasteiger partial charge in [-0.1, -0.05) is 23.2 Å². The summed E-state index contributed by atoms with van der Waals surface area (Å²) >= 11 is 11.6. The van der Waals surface area contributed by atoms with Crippen LogP contribution in [0.5, 0.6) is 0 Å². The molecule has 1 nitrogen and oxygen atoms in total. The first-order chi connectivity index (χ1) is 6.16. The van der Waals surface area contributed by atoms with Crippen LogP contribution >= 0.6 is 23.2 Å². The molecule has 13 heavy (non-hydrogen) atoms. The molecule has 1 aliphatic rings. The van der Waals surface area contributed by atoms with Gasteiger partial charge in [-0.3, -0.25) is 4.79 Å². The van der Waals surface area contributed by atoms with Crippen LogP contribution in [0.1, 0.15) is 23.2 Å². The molecule has 0 bridgehead atoms. The van der Waals surface area contributed by atoms with Gasteiger partial charge in [0.2, 0.25) is 0 Å². The van der Waals surface area contributed by atoms with E-state index in [2.05, 4.69) is 0 Å². The minimum Gasteiger partial charge on any atom is -0.294 e. The molecule has 0 radical (unpaired) electrons. The van der Waals surface area contributed by atoms with E-state index in [-0.39, 0.29) is 11.7 Å². The van der Waals surface area contributed by atoms with Crippen LogP contribution in [0.15, 0.2) is 18.2 Å². The summed E-state index contributed by atoms with van der Waals surface area (Å²) in [5.74, 6) is 0.388. The summed E-state index contributed by atoms with van der Waals surface area (Å²) in [4.78, 5) is 11.6. The Morgan fingerprint density at radius 1 is 1.15 bits per heavy atom. The van der Waals surface area contributed by atoms with Crippen LogP contribution in [0.4, 0.5) is 0 Å². The minimum atomic E-state index is 0.171. The van der Waals surface area contributed by atoms with Gasteiger partial charge in [-0.15, -0.1) is 0 Å². The lowest BCUT2D eigenvalue weighted by atomic mass is 10.1. The molecule has 3 heteroatoms. The Labute approximate surface area is 86.7 Å². The lowest BCUT2D eigenvalue weighted by Crippen LogP contribution is -2.00. The van der Waals surface area contributed by atoms with Crippen molar-refractivity contribution in [2.75, 3.05) is 0 Å². The van der Waals surface area contributed by atoms with Crippen LogP contribution in [-0.4, -0.2) is 5.78 Å². The number of rotatable bonds is 2. The molecule has 0 heterocycles. The van der Waals surface area contributed by atoms with Crippen LogP contribution in [0, 0.1) is 5.92 Å². The molecule has 1 saturated carbocycles. The molecule has 1 aromatic rings. The van der Waals surface area contributed by atoms with E-state index < -0.39 is 0 Å². The molecule has 1 aliphatic carbocycles. The third-order valence-electron chi connectivity index (χ3n) is 2.10. The molecular weight excluding hydrogens is 207 g/mol. The smallest absolute Gasteiger partial charge is 0.166 e. The average molecular weight is 215 g/mol. The second-order valence-electron chi connectivity index (χ2n) is 3.30. The van der Waals surface area contributed by atoms with Gasteiger partial charge in [0.1, 0.15) is 0 Å². The fraction of sp³-hybridized carbons (Fsp3) is 0.300. The third-order valence-corrected chi connectivity index (χ3v) is 2.53. The highest BCUT2D eigenvalue weighted by Gasteiger charge is 2.30. The topological polar surface area (TPSA) is 17.1 Å². The molecule has 0 atom stereocenters. The van der Waals surface area contributed by atoms with Gasteiger partial charge < -0.3 is 0 Å². The van der Waals surface area contributed by atoms with Crippen molar-refractivity contribution < 1.29 is 4.79 Å². The highest BCUT2D eigenvalue weighted by molar-refractivity contribution is 6.35. The molecule has 0 unspecified atom stereocenters. The van der Waals surface area contributed by atoms with Gasteiger partial charge in [-0.05, 0) is 31.0 Å². The molecule has 0 saturated heterocycles. The number of carbonyl (C=O) groups is 1. The van der Waals surface area contributed by atoms with Crippen LogP contribution < -0.4 is 0 Å². The zero-order valence-electron chi connectivity index (χ0n) is 6.89. The molecule has 1 aromatic carbocycles. The van der Waals surface area contributed by atoms with Crippen LogP contribution in [-0.2, 0) is 0 Å². The summed E-state index contributed by atoms with van der Waals surface area (Å²) in [7, 11) is 0. The molecule has 0 amide bonds. The van der Waals surface area contributed by atoms with E-state index in [1.54, 1.807) is 18.2 Å². The van der Waals surface area contributed by atoms with Crippen molar-refractivity contribution in [1.29, 1.82) is 0 Å². The van der Waals surface area contributed by atoms with Crippen LogP contribution in [0.2, 0.25) is 10.0 Å². The first kappa shape index (κ1) is 9.04. The van der Waals surface area contributed by atoms with Gasteiger partial charge in [-0.2, -0.15) is 0 Å². The number of hydrogen-bond donors (Lipinski definition) is 0. The van der Waals surface area contributed by atoms with Gasteiger partial charge in [-0.25, -0.2) is 0 Å². The number of carbonyl (C=O) groups excluding carboxylic acids is 1. The van der Waals surface area contributed by atoms with Crippen LogP contribution in [0.25, 0.3) is 0 Å². The quantitative estimate of drug-likeness (QED) is 0.689. The summed E-state index contributed by atoms with van der Waals surface area (Å²) in [6.07, 6.45) is 2.01. The number of halogens is 2. The highest BCUT2D eigenvalue weighted by atomic mass is 35.5. The van der Waals surface area contributed by atoms with Crippen molar-refractivity contribution in [2.24, 2.45) is 5.92 Å². The van der Waals surface area contributed by atoms with E-state index in [4.69, 9.17) is 23.2 Å². The third kappa shape index (κ3) is 2.04. The standard InChI is InChI=1S/C10H8Cl2O/c11-8-3-7(4-9(12)5-8)10(13)6-1-2-6/h3-6H,1-2H2. The lowest BCUT2D eigenvalue weighted by molar-refractivity contribution is 0.0967. The lowest BCUT2D eigenvalue weighted by Gasteiger charge is -2.00. The molecule has 0 aliphatic heterocycles. The monoisotopic (exact) mass is 214 g/mol. The molecular formula is C10H8Cl2O. The first-order valence-electron chi connectivity index (χ1n) is 4.17.